The molecule has 7 unspecified atom stereocenters. The Kier molecular flexibility index (Phi) is 10.3. The predicted molar refractivity (Wildman–Crippen MR) is 138 cm³/mol. The van der Waals surface area contributed by atoms with Gasteiger partial charge in [-0.1, -0.05) is 62.3 Å². The Labute approximate surface area is 216 Å². The minimum absolute atomic E-state index is 0.0484. The molecule has 6 heteroatoms. The van der Waals surface area contributed by atoms with Crippen LogP contribution < -0.4 is 0 Å². The van der Waals surface area contributed by atoms with E-state index in [0.717, 1.165) is 19.3 Å². The van der Waals surface area contributed by atoms with Gasteiger partial charge >= 0.3 is 0 Å². The zero-order chi connectivity index (χ0) is 26.7. The third-order valence-corrected chi connectivity index (χ3v) is 9.21. The largest absolute Gasteiger partial charge is 0.353 e. The van der Waals surface area contributed by atoms with Crippen molar-refractivity contribution >= 4 is 0 Å². The van der Waals surface area contributed by atoms with Crippen molar-refractivity contribution < 1.29 is 29.8 Å². The molecule has 0 aromatic rings. The van der Waals surface area contributed by atoms with Crippen molar-refractivity contribution in [1.29, 1.82) is 0 Å². The highest BCUT2D eigenvalue weighted by molar-refractivity contribution is 4.89. The van der Waals surface area contributed by atoms with Crippen LogP contribution in [0.2, 0.25) is 0 Å². The normalized spacial score (nSPS) is 51.7. The van der Waals surface area contributed by atoms with Crippen LogP contribution in [0.25, 0.3) is 0 Å². The van der Waals surface area contributed by atoms with Gasteiger partial charge in [0.1, 0.15) is 0 Å². The molecule has 15 atom stereocenters. The van der Waals surface area contributed by atoms with E-state index in [1.807, 2.05) is 6.92 Å². The van der Waals surface area contributed by atoms with Gasteiger partial charge in [-0.15, -0.1) is 0 Å². The summed E-state index contributed by atoms with van der Waals surface area (Å²) in [5.74, 6) is 1.68. The highest BCUT2D eigenvalue weighted by Gasteiger charge is 2.47. The number of hydrogen-bond donors (Lipinski definition) is 0. The Morgan fingerprint density at radius 3 is 1.80 bits per heavy atom. The van der Waals surface area contributed by atoms with E-state index in [-0.39, 0.29) is 66.8 Å². The second-order valence-corrected chi connectivity index (χ2v) is 11.4. The monoisotopic (exact) mass is 500 g/mol. The Balaban J connectivity index is 1.71. The fourth-order valence-electron chi connectivity index (χ4n) is 6.18. The van der Waals surface area contributed by atoms with Crippen molar-refractivity contribution in [3.8, 4) is 0 Å². The highest BCUT2D eigenvalue weighted by Crippen LogP contribution is 2.41. The molecule has 3 aliphatic rings. The summed E-state index contributed by atoms with van der Waals surface area (Å²) in [7, 11) is 0. The molecular formula is C29H54O6. The highest BCUT2D eigenvalue weighted by atomic mass is 16.7. The first-order valence-corrected chi connectivity index (χ1v) is 14.4. The molecule has 3 heterocycles. The lowest BCUT2D eigenvalue weighted by Crippen LogP contribution is -2.55. The SMILES string of the molecule is [3H]C1[C@H](O[C@@H]2C(CC)OC(OCC)C(C)[C@H]2C)OC(CC)[C@H](O[C@H]2OC(CC)[C@H](C)[C@H](C)C2C)[C@@H]1C. The summed E-state index contributed by atoms with van der Waals surface area (Å²) >= 11 is 0. The fraction of sp³-hybridized carbons (Fsp3) is 1.00. The van der Waals surface area contributed by atoms with Gasteiger partial charge in [-0.3, -0.25) is 0 Å². The molecule has 0 aromatic carbocycles. The lowest BCUT2D eigenvalue weighted by molar-refractivity contribution is -0.336. The first-order valence-electron chi connectivity index (χ1n) is 15.0. The van der Waals surface area contributed by atoms with Gasteiger partial charge in [-0.2, -0.15) is 0 Å². The molecule has 0 N–H and O–H groups in total. The molecule has 0 aliphatic carbocycles. The van der Waals surface area contributed by atoms with Crippen LogP contribution in [0.1, 0.15) is 96.3 Å². The van der Waals surface area contributed by atoms with Crippen LogP contribution >= 0.6 is 0 Å². The van der Waals surface area contributed by atoms with E-state index in [1.165, 1.54) is 0 Å². The summed E-state index contributed by atoms with van der Waals surface area (Å²) in [6.45, 7) is 22.3. The summed E-state index contributed by atoms with van der Waals surface area (Å²) in [6.07, 6.45) is 0.557. The number of hydrogen-bond acceptors (Lipinski definition) is 6. The van der Waals surface area contributed by atoms with Crippen LogP contribution in [0.15, 0.2) is 0 Å². The quantitative estimate of drug-likeness (QED) is 0.365. The second kappa shape index (κ2) is 13.0. The average Bonchev–Trinajstić information content (AvgIpc) is 2.87. The Morgan fingerprint density at radius 1 is 0.629 bits per heavy atom. The zero-order valence-corrected chi connectivity index (χ0v) is 23.9. The molecule has 3 rings (SSSR count). The summed E-state index contributed by atoms with van der Waals surface area (Å²) in [6, 6.07) is 0. The van der Waals surface area contributed by atoms with Crippen molar-refractivity contribution in [2.24, 2.45) is 35.5 Å². The third-order valence-electron chi connectivity index (χ3n) is 9.21. The van der Waals surface area contributed by atoms with Crippen LogP contribution in [0.5, 0.6) is 0 Å². The fourth-order valence-corrected chi connectivity index (χ4v) is 6.18. The minimum atomic E-state index is -0.613. The van der Waals surface area contributed by atoms with Gasteiger partial charge in [0.25, 0.3) is 0 Å². The van der Waals surface area contributed by atoms with E-state index < -0.39 is 12.7 Å². The Hall–Kier alpha value is -0.240. The van der Waals surface area contributed by atoms with Crippen LogP contribution in [-0.2, 0) is 28.4 Å². The van der Waals surface area contributed by atoms with Gasteiger partial charge in [-0.05, 0) is 49.9 Å². The average molecular weight is 501 g/mol. The molecule has 3 fully saturated rings. The predicted octanol–water partition coefficient (Wildman–Crippen LogP) is 6.40. The van der Waals surface area contributed by atoms with Gasteiger partial charge < -0.3 is 28.4 Å². The first-order chi connectivity index (χ1) is 17.1. The van der Waals surface area contributed by atoms with E-state index in [9.17, 15) is 0 Å². The molecule has 3 aliphatic heterocycles. The maximum absolute atomic E-state index is 9.07. The van der Waals surface area contributed by atoms with Crippen molar-refractivity contribution in [1.82, 2.24) is 0 Å². The standard InChI is InChI=1S/C29H54O6/c1-11-22-18(7)17(6)20(9)29(32-22)35-26-16(5)15-25(31-23(26)12-2)34-27-19(8)21(10)28(30-14-4)33-24(27)13-3/h16-29H,11-15H2,1-10H3/t16-,17+,18-,19-,20?,21?,22?,23?,24?,25+,26-,27+,28?,29-/m1/s1/i15T/t15?,16-,17+,18-,19-,20?,21?,22?,23?,24?,25+,26-,27+,28?,29-. The van der Waals surface area contributed by atoms with Crippen LogP contribution in [0, 0.1) is 35.5 Å². The molecule has 0 bridgehead atoms. The molecule has 0 aromatic heterocycles. The van der Waals surface area contributed by atoms with Crippen LogP contribution in [0.3, 0.4) is 0 Å². The van der Waals surface area contributed by atoms with Gasteiger partial charge in [-0.25, -0.2) is 0 Å². The smallest absolute Gasteiger partial charge is 0.161 e. The molecule has 0 saturated carbocycles. The Bertz CT molecular complexity index is 660. The molecular weight excluding hydrogens is 444 g/mol. The summed E-state index contributed by atoms with van der Waals surface area (Å²) in [5, 5.41) is 0. The summed E-state index contributed by atoms with van der Waals surface area (Å²) in [4.78, 5) is 0. The van der Waals surface area contributed by atoms with Gasteiger partial charge in [0.15, 0.2) is 18.9 Å². The van der Waals surface area contributed by atoms with Crippen molar-refractivity contribution in [2.45, 2.75) is 144 Å². The second-order valence-electron chi connectivity index (χ2n) is 11.4. The number of ether oxygens (including phenoxy) is 6. The van der Waals surface area contributed by atoms with Crippen molar-refractivity contribution in [2.75, 3.05) is 6.61 Å². The van der Waals surface area contributed by atoms with Crippen LogP contribution in [0.4, 0.5) is 0 Å². The first kappa shape index (κ1) is 27.8. The summed E-state index contributed by atoms with van der Waals surface area (Å²) < 4.78 is 47.4. The molecule has 35 heavy (non-hydrogen) atoms. The zero-order valence-electron chi connectivity index (χ0n) is 24.9. The molecule has 0 radical (unpaired) electrons. The summed E-state index contributed by atoms with van der Waals surface area (Å²) in [5.41, 5.74) is 0. The van der Waals surface area contributed by atoms with Gasteiger partial charge in [0.2, 0.25) is 0 Å². The van der Waals surface area contributed by atoms with E-state index >= 15 is 0 Å². The van der Waals surface area contributed by atoms with E-state index in [4.69, 9.17) is 29.8 Å². The topological polar surface area (TPSA) is 55.4 Å². The van der Waals surface area contributed by atoms with Crippen molar-refractivity contribution in [3.63, 3.8) is 0 Å². The molecule has 3 saturated heterocycles. The molecule has 0 amide bonds. The van der Waals surface area contributed by atoms with Crippen molar-refractivity contribution in [3.05, 3.63) is 0 Å². The van der Waals surface area contributed by atoms with E-state index in [1.54, 1.807) is 0 Å². The maximum Gasteiger partial charge on any atom is 0.161 e. The van der Waals surface area contributed by atoms with E-state index in [2.05, 4.69) is 62.3 Å². The Morgan fingerprint density at radius 2 is 1.20 bits per heavy atom. The maximum atomic E-state index is 9.07. The molecule has 6 nitrogen and oxygen atoms in total. The lowest BCUT2D eigenvalue weighted by Gasteiger charge is -2.49. The number of rotatable bonds is 9. The third kappa shape index (κ3) is 6.43. The molecule has 0 spiro atoms. The van der Waals surface area contributed by atoms with Gasteiger partial charge in [0, 0.05) is 26.2 Å². The lowest BCUT2D eigenvalue weighted by atomic mass is 9.78. The molecule has 206 valence electrons. The van der Waals surface area contributed by atoms with E-state index in [0.29, 0.717) is 18.4 Å². The van der Waals surface area contributed by atoms with Crippen LogP contribution in [-0.4, -0.2) is 56.0 Å². The minimum Gasteiger partial charge on any atom is -0.353 e. The van der Waals surface area contributed by atoms with Gasteiger partial charge in [0.05, 0.1) is 30.5 Å².